The second kappa shape index (κ2) is 8.72. The fourth-order valence-corrected chi connectivity index (χ4v) is 3.70. The van der Waals surface area contributed by atoms with Crippen LogP contribution in [0.25, 0.3) is 10.9 Å². The maximum atomic E-state index is 12.9. The third kappa shape index (κ3) is 4.07. The van der Waals surface area contributed by atoms with Crippen LogP contribution in [0.4, 0.5) is 5.69 Å². The van der Waals surface area contributed by atoms with Crippen LogP contribution in [-0.4, -0.2) is 21.2 Å². The number of carbonyl (C=O) groups excluding carboxylic acids is 1. The summed E-state index contributed by atoms with van der Waals surface area (Å²) in [6.45, 7) is 3.97. The molecule has 0 fully saturated rings. The fourth-order valence-electron chi connectivity index (χ4n) is 2.80. The van der Waals surface area contributed by atoms with Crippen LogP contribution in [0.3, 0.4) is 0 Å². The fraction of sp³-hybridized carbons (Fsp3) is 0.238. The van der Waals surface area contributed by atoms with Gasteiger partial charge in [-0.15, -0.1) is 0 Å². The number of nitrogens with zero attached hydrogens (tertiary/aromatic N) is 3. The molecule has 1 N–H and O–H groups in total. The molecule has 0 radical (unpaired) electrons. The standard InChI is InChI=1S/C21H20N4O2S/c1-3-14(2)25-20(27)16-9-5-7-11-18(16)24-21(25)28-13-19(26)23-17-10-6-4-8-15(17)12-22/h4-11,14H,3,13H2,1-2H3,(H,23,26)/t14-/m1/s1. The maximum Gasteiger partial charge on any atom is 0.262 e. The Morgan fingerprint density at radius 1 is 1.25 bits per heavy atom. The molecule has 142 valence electrons. The molecule has 0 aliphatic heterocycles. The molecular formula is C21H20N4O2S. The third-order valence-electron chi connectivity index (χ3n) is 4.46. The molecule has 0 bridgehead atoms. The molecule has 3 rings (SSSR count). The molecule has 1 aromatic heterocycles. The van der Waals surface area contributed by atoms with Crippen LogP contribution in [-0.2, 0) is 4.79 Å². The van der Waals surface area contributed by atoms with Crippen molar-refractivity contribution in [2.75, 3.05) is 11.1 Å². The highest BCUT2D eigenvalue weighted by Gasteiger charge is 2.17. The van der Waals surface area contributed by atoms with Crippen molar-refractivity contribution < 1.29 is 4.79 Å². The molecule has 0 spiro atoms. The van der Waals surface area contributed by atoms with Crippen LogP contribution in [0.1, 0.15) is 31.9 Å². The number of rotatable bonds is 6. The normalized spacial score (nSPS) is 11.8. The number of nitriles is 1. The Morgan fingerprint density at radius 2 is 1.96 bits per heavy atom. The van der Waals surface area contributed by atoms with E-state index < -0.39 is 0 Å². The lowest BCUT2D eigenvalue weighted by Crippen LogP contribution is -2.26. The lowest BCUT2D eigenvalue weighted by atomic mass is 10.2. The van der Waals surface area contributed by atoms with E-state index in [0.717, 1.165) is 6.42 Å². The first-order valence-electron chi connectivity index (χ1n) is 8.98. The van der Waals surface area contributed by atoms with Gasteiger partial charge in [0, 0.05) is 6.04 Å². The predicted octanol–water partition coefficient (Wildman–Crippen LogP) is 3.97. The zero-order chi connectivity index (χ0) is 20.1. The molecule has 0 saturated carbocycles. The van der Waals surface area contributed by atoms with Crippen LogP contribution in [0, 0.1) is 11.3 Å². The number of thioether (sulfide) groups is 1. The first-order chi connectivity index (χ1) is 13.5. The van der Waals surface area contributed by atoms with Gasteiger partial charge in [-0.2, -0.15) is 5.26 Å². The largest absolute Gasteiger partial charge is 0.324 e. The van der Waals surface area contributed by atoms with E-state index >= 15 is 0 Å². The third-order valence-corrected chi connectivity index (χ3v) is 5.41. The summed E-state index contributed by atoms with van der Waals surface area (Å²) in [5.74, 6) is -0.174. The molecule has 6 nitrogen and oxygen atoms in total. The van der Waals surface area contributed by atoms with Crippen molar-refractivity contribution in [2.24, 2.45) is 0 Å². The maximum absolute atomic E-state index is 12.9. The molecule has 1 heterocycles. The monoisotopic (exact) mass is 392 g/mol. The van der Waals surface area contributed by atoms with E-state index in [1.54, 1.807) is 41.0 Å². The number of carbonyl (C=O) groups is 1. The van der Waals surface area contributed by atoms with E-state index in [2.05, 4.69) is 16.4 Å². The molecule has 28 heavy (non-hydrogen) atoms. The van der Waals surface area contributed by atoms with Gasteiger partial charge in [-0.3, -0.25) is 14.2 Å². The van der Waals surface area contributed by atoms with Gasteiger partial charge in [-0.25, -0.2) is 4.98 Å². The van der Waals surface area contributed by atoms with Crippen molar-refractivity contribution >= 4 is 34.3 Å². The number of fused-ring (bicyclic) bond motifs is 1. The molecule has 0 saturated heterocycles. The highest BCUT2D eigenvalue weighted by atomic mass is 32.2. The van der Waals surface area contributed by atoms with Gasteiger partial charge >= 0.3 is 0 Å². The first kappa shape index (κ1) is 19.6. The zero-order valence-electron chi connectivity index (χ0n) is 15.7. The predicted molar refractivity (Wildman–Crippen MR) is 112 cm³/mol. The Kier molecular flexibility index (Phi) is 6.12. The van der Waals surface area contributed by atoms with Gasteiger partial charge in [-0.05, 0) is 37.6 Å². The Hall–Kier alpha value is -3.11. The van der Waals surface area contributed by atoms with Gasteiger partial charge in [0.05, 0.1) is 27.9 Å². The van der Waals surface area contributed by atoms with Gasteiger partial charge < -0.3 is 5.32 Å². The second-order valence-corrected chi connectivity index (χ2v) is 7.28. The average molecular weight is 392 g/mol. The molecule has 3 aromatic rings. The lowest BCUT2D eigenvalue weighted by molar-refractivity contribution is -0.113. The summed E-state index contributed by atoms with van der Waals surface area (Å²) in [5.41, 5.74) is 1.39. The topological polar surface area (TPSA) is 87.8 Å². The van der Waals surface area contributed by atoms with Crippen LogP contribution in [0.5, 0.6) is 0 Å². The molecule has 0 unspecified atom stereocenters. The van der Waals surface area contributed by atoms with E-state index in [9.17, 15) is 9.59 Å². The van der Waals surface area contributed by atoms with E-state index in [1.807, 2.05) is 26.0 Å². The Labute approximate surface area is 167 Å². The molecule has 7 heteroatoms. The van der Waals surface area contributed by atoms with Gasteiger partial charge in [0.15, 0.2) is 5.16 Å². The molecule has 0 aliphatic rings. The van der Waals surface area contributed by atoms with E-state index in [-0.39, 0.29) is 23.3 Å². The van der Waals surface area contributed by atoms with E-state index in [0.29, 0.717) is 27.3 Å². The van der Waals surface area contributed by atoms with Crippen LogP contribution >= 0.6 is 11.8 Å². The van der Waals surface area contributed by atoms with Gasteiger partial charge in [-0.1, -0.05) is 43.0 Å². The van der Waals surface area contributed by atoms with Crippen molar-refractivity contribution in [2.45, 2.75) is 31.5 Å². The van der Waals surface area contributed by atoms with Crippen molar-refractivity contribution in [1.29, 1.82) is 5.26 Å². The minimum atomic E-state index is -0.259. The summed E-state index contributed by atoms with van der Waals surface area (Å²) in [4.78, 5) is 29.9. The molecular weight excluding hydrogens is 372 g/mol. The van der Waals surface area contributed by atoms with Crippen molar-refractivity contribution in [1.82, 2.24) is 9.55 Å². The van der Waals surface area contributed by atoms with Gasteiger partial charge in [0.25, 0.3) is 5.56 Å². The molecule has 1 atom stereocenters. The Balaban J connectivity index is 1.86. The Bertz CT molecular complexity index is 1120. The minimum absolute atomic E-state index is 0.0329. The second-order valence-electron chi connectivity index (χ2n) is 6.34. The van der Waals surface area contributed by atoms with Crippen molar-refractivity contribution in [3.05, 3.63) is 64.4 Å². The van der Waals surface area contributed by atoms with Crippen molar-refractivity contribution in [3.63, 3.8) is 0 Å². The number of hydrogen-bond acceptors (Lipinski definition) is 5. The summed E-state index contributed by atoms with van der Waals surface area (Å²) < 4.78 is 1.66. The molecule has 0 aliphatic carbocycles. The summed E-state index contributed by atoms with van der Waals surface area (Å²) in [6, 6.07) is 16.1. The van der Waals surface area contributed by atoms with Gasteiger partial charge in [0.2, 0.25) is 5.91 Å². The van der Waals surface area contributed by atoms with Gasteiger partial charge in [0.1, 0.15) is 6.07 Å². The van der Waals surface area contributed by atoms with Crippen LogP contribution in [0.15, 0.2) is 58.5 Å². The number of nitrogens with one attached hydrogen (secondary N) is 1. The molecule has 1 amide bonds. The van der Waals surface area contributed by atoms with Crippen molar-refractivity contribution in [3.8, 4) is 6.07 Å². The summed E-state index contributed by atoms with van der Waals surface area (Å²) in [5, 5.41) is 13.0. The van der Waals surface area contributed by atoms with E-state index in [4.69, 9.17) is 5.26 Å². The minimum Gasteiger partial charge on any atom is -0.324 e. The summed E-state index contributed by atoms with van der Waals surface area (Å²) >= 11 is 1.22. The summed E-state index contributed by atoms with van der Waals surface area (Å²) in [7, 11) is 0. The van der Waals surface area contributed by atoms with Crippen LogP contribution in [0.2, 0.25) is 0 Å². The van der Waals surface area contributed by atoms with Crippen LogP contribution < -0.4 is 10.9 Å². The average Bonchev–Trinajstić information content (AvgIpc) is 2.72. The smallest absolute Gasteiger partial charge is 0.262 e. The first-order valence-corrected chi connectivity index (χ1v) is 9.96. The SMILES string of the molecule is CC[C@@H](C)n1c(SCC(=O)Nc2ccccc2C#N)nc2ccccc2c1=O. The highest BCUT2D eigenvalue weighted by Crippen LogP contribution is 2.23. The lowest BCUT2D eigenvalue weighted by Gasteiger charge is -2.18. The highest BCUT2D eigenvalue weighted by molar-refractivity contribution is 7.99. The number of para-hydroxylation sites is 2. The van der Waals surface area contributed by atoms with E-state index in [1.165, 1.54) is 11.8 Å². The number of hydrogen-bond donors (Lipinski definition) is 1. The Morgan fingerprint density at radius 3 is 2.71 bits per heavy atom. The number of aromatic nitrogens is 2. The number of benzene rings is 2. The molecule has 2 aromatic carbocycles. The summed E-state index contributed by atoms with van der Waals surface area (Å²) in [6.07, 6.45) is 0.773. The zero-order valence-corrected chi connectivity index (χ0v) is 16.5. The number of amides is 1. The quantitative estimate of drug-likeness (QED) is 0.506. The number of anilines is 1.